The molecule has 0 bridgehead atoms. The Bertz CT molecular complexity index is 667. The number of benzene rings is 2. The van der Waals surface area contributed by atoms with E-state index in [0.717, 1.165) is 6.54 Å². The molecule has 0 fully saturated rings. The fourth-order valence-corrected chi connectivity index (χ4v) is 2.73. The van der Waals surface area contributed by atoms with Crippen molar-refractivity contribution < 1.29 is 0 Å². The standard InChI is InChI=1S/C18H16N2S/c1-2-4-16(5-3-1)17-6-8-18(9-7-17)21-20-14-15-10-12-19-13-11-15/h1-13,20H,14H2. The maximum Gasteiger partial charge on any atom is 0.0314 e. The first-order valence-electron chi connectivity index (χ1n) is 6.86. The molecule has 0 aliphatic rings. The van der Waals surface area contributed by atoms with E-state index in [4.69, 9.17) is 0 Å². The third kappa shape index (κ3) is 3.94. The van der Waals surface area contributed by atoms with Gasteiger partial charge in [-0.25, -0.2) is 0 Å². The van der Waals surface area contributed by atoms with E-state index >= 15 is 0 Å². The molecule has 0 unspecified atom stereocenters. The van der Waals surface area contributed by atoms with Gasteiger partial charge in [0.2, 0.25) is 0 Å². The fourth-order valence-electron chi connectivity index (χ4n) is 2.05. The van der Waals surface area contributed by atoms with E-state index < -0.39 is 0 Å². The van der Waals surface area contributed by atoms with Crippen LogP contribution in [0.1, 0.15) is 5.56 Å². The number of pyridine rings is 1. The largest absolute Gasteiger partial charge is 0.265 e. The normalized spacial score (nSPS) is 10.5. The van der Waals surface area contributed by atoms with Crippen molar-refractivity contribution in [3.05, 3.63) is 84.7 Å². The van der Waals surface area contributed by atoms with E-state index in [1.165, 1.54) is 21.6 Å². The molecular formula is C18H16N2S. The van der Waals surface area contributed by atoms with Crippen LogP contribution >= 0.6 is 11.9 Å². The molecule has 1 N–H and O–H groups in total. The number of aromatic nitrogens is 1. The van der Waals surface area contributed by atoms with Gasteiger partial charge < -0.3 is 0 Å². The SMILES string of the molecule is c1ccc(-c2ccc(SNCc3ccncc3)cc2)cc1. The zero-order chi connectivity index (χ0) is 14.3. The minimum atomic E-state index is 0.827. The molecular weight excluding hydrogens is 276 g/mol. The first-order valence-corrected chi connectivity index (χ1v) is 7.67. The smallest absolute Gasteiger partial charge is 0.0314 e. The van der Waals surface area contributed by atoms with Crippen LogP contribution in [-0.2, 0) is 6.54 Å². The average molecular weight is 292 g/mol. The molecule has 0 saturated heterocycles. The van der Waals surface area contributed by atoms with Crippen molar-refractivity contribution in [2.24, 2.45) is 0 Å². The van der Waals surface area contributed by atoms with Crippen molar-refractivity contribution >= 4 is 11.9 Å². The van der Waals surface area contributed by atoms with Gasteiger partial charge in [0.1, 0.15) is 0 Å². The molecule has 1 aromatic heterocycles. The second-order valence-corrected chi connectivity index (χ2v) is 5.63. The highest BCUT2D eigenvalue weighted by atomic mass is 32.2. The Morgan fingerprint density at radius 3 is 2.14 bits per heavy atom. The number of hydrogen-bond donors (Lipinski definition) is 1. The van der Waals surface area contributed by atoms with Crippen molar-refractivity contribution in [2.45, 2.75) is 11.4 Å². The Balaban J connectivity index is 1.58. The van der Waals surface area contributed by atoms with E-state index in [0.29, 0.717) is 0 Å². The van der Waals surface area contributed by atoms with Crippen LogP contribution in [0.4, 0.5) is 0 Å². The lowest BCUT2D eigenvalue weighted by molar-refractivity contribution is 0.969. The Hall–Kier alpha value is -2.10. The summed E-state index contributed by atoms with van der Waals surface area (Å²) in [6.45, 7) is 0.827. The van der Waals surface area contributed by atoms with Crippen LogP contribution in [0.15, 0.2) is 84.0 Å². The van der Waals surface area contributed by atoms with Crippen molar-refractivity contribution in [1.29, 1.82) is 0 Å². The van der Waals surface area contributed by atoms with Gasteiger partial charge in [0.25, 0.3) is 0 Å². The van der Waals surface area contributed by atoms with Gasteiger partial charge in [-0.2, -0.15) is 0 Å². The maximum atomic E-state index is 4.02. The van der Waals surface area contributed by atoms with Gasteiger partial charge in [-0.3, -0.25) is 9.71 Å². The van der Waals surface area contributed by atoms with Crippen molar-refractivity contribution in [3.63, 3.8) is 0 Å². The first kappa shape index (κ1) is 13.9. The van der Waals surface area contributed by atoms with E-state index in [1.54, 1.807) is 11.9 Å². The van der Waals surface area contributed by atoms with Crippen LogP contribution in [0.3, 0.4) is 0 Å². The molecule has 3 heteroatoms. The fraction of sp³-hybridized carbons (Fsp3) is 0.0556. The molecule has 0 aliphatic carbocycles. The van der Waals surface area contributed by atoms with Gasteiger partial charge in [-0.1, -0.05) is 42.5 Å². The molecule has 0 radical (unpaired) electrons. The quantitative estimate of drug-likeness (QED) is 0.699. The second kappa shape index (κ2) is 7.07. The Morgan fingerprint density at radius 1 is 0.762 bits per heavy atom. The van der Waals surface area contributed by atoms with Crippen LogP contribution in [0, 0.1) is 0 Å². The van der Waals surface area contributed by atoms with E-state index in [-0.39, 0.29) is 0 Å². The van der Waals surface area contributed by atoms with E-state index in [9.17, 15) is 0 Å². The van der Waals surface area contributed by atoms with Crippen LogP contribution in [0.5, 0.6) is 0 Å². The topological polar surface area (TPSA) is 24.9 Å². The molecule has 0 spiro atoms. The second-order valence-electron chi connectivity index (χ2n) is 4.67. The van der Waals surface area contributed by atoms with Gasteiger partial charge in [0, 0.05) is 23.8 Å². The zero-order valence-electron chi connectivity index (χ0n) is 11.6. The summed E-state index contributed by atoms with van der Waals surface area (Å²) in [6, 6.07) is 23.1. The number of hydrogen-bond acceptors (Lipinski definition) is 3. The lowest BCUT2D eigenvalue weighted by Crippen LogP contribution is -2.02. The summed E-state index contributed by atoms with van der Waals surface area (Å²) in [5, 5.41) is 0. The molecule has 1 heterocycles. The third-order valence-corrected chi connectivity index (χ3v) is 3.97. The first-order chi connectivity index (χ1) is 10.4. The minimum Gasteiger partial charge on any atom is -0.265 e. The highest BCUT2D eigenvalue weighted by Crippen LogP contribution is 2.22. The molecule has 3 aromatic rings. The maximum absolute atomic E-state index is 4.02. The van der Waals surface area contributed by atoms with Crippen molar-refractivity contribution in [2.75, 3.05) is 0 Å². The number of nitrogens with zero attached hydrogens (tertiary/aromatic N) is 1. The van der Waals surface area contributed by atoms with Gasteiger partial charge >= 0.3 is 0 Å². The van der Waals surface area contributed by atoms with Crippen LogP contribution in [-0.4, -0.2) is 4.98 Å². The summed E-state index contributed by atoms with van der Waals surface area (Å²) < 4.78 is 3.37. The summed E-state index contributed by atoms with van der Waals surface area (Å²) in [6.07, 6.45) is 3.63. The molecule has 3 rings (SSSR count). The minimum absolute atomic E-state index is 0.827. The summed E-state index contributed by atoms with van der Waals surface area (Å²) in [7, 11) is 0. The monoisotopic (exact) mass is 292 g/mol. The lowest BCUT2D eigenvalue weighted by atomic mass is 10.1. The number of nitrogens with one attached hydrogen (secondary N) is 1. The van der Waals surface area contributed by atoms with Crippen molar-refractivity contribution in [1.82, 2.24) is 9.71 Å². The van der Waals surface area contributed by atoms with Gasteiger partial charge in [-0.05, 0) is 52.9 Å². The highest BCUT2D eigenvalue weighted by molar-refractivity contribution is 7.97. The zero-order valence-corrected chi connectivity index (χ0v) is 12.4. The Morgan fingerprint density at radius 2 is 1.43 bits per heavy atom. The van der Waals surface area contributed by atoms with Crippen LogP contribution in [0.2, 0.25) is 0 Å². The molecule has 0 saturated carbocycles. The molecule has 0 aliphatic heterocycles. The third-order valence-electron chi connectivity index (χ3n) is 3.18. The Labute approximate surface area is 129 Å². The molecule has 2 aromatic carbocycles. The average Bonchev–Trinajstić information content (AvgIpc) is 2.57. The molecule has 0 amide bonds. The number of rotatable bonds is 5. The summed E-state index contributed by atoms with van der Waals surface area (Å²) in [5.41, 5.74) is 3.73. The predicted molar refractivity (Wildman–Crippen MR) is 88.8 cm³/mol. The van der Waals surface area contributed by atoms with Gasteiger partial charge in [-0.15, -0.1) is 0 Å². The molecule has 104 valence electrons. The summed E-state index contributed by atoms with van der Waals surface area (Å²) in [4.78, 5) is 5.23. The predicted octanol–water partition coefficient (Wildman–Crippen LogP) is 4.55. The van der Waals surface area contributed by atoms with Crippen LogP contribution < -0.4 is 4.72 Å². The highest BCUT2D eigenvalue weighted by Gasteiger charge is 1.98. The lowest BCUT2D eigenvalue weighted by Gasteiger charge is -2.06. The van der Waals surface area contributed by atoms with E-state index in [1.807, 2.05) is 30.6 Å². The summed E-state index contributed by atoms with van der Waals surface area (Å²) in [5.74, 6) is 0. The molecule has 0 atom stereocenters. The van der Waals surface area contributed by atoms with Crippen molar-refractivity contribution in [3.8, 4) is 11.1 Å². The molecule has 21 heavy (non-hydrogen) atoms. The summed E-state index contributed by atoms with van der Waals surface area (Å²) >= 11 is 1.65. The van der Waals surface area contributed by atoms with Gasteiger partial charge in [0.05, 0.1) is 0 Å². The van der Waals surface area contributed by atoms with Gasteiger partial charge in [0.15, 0.2) is 0 Å². The van der Waals surface area contributed by atoms with Crippen LogP contribution in [0.25, 0.3) is 11.1 Å². The van der Waals surface area contributed by atoms with E-state index in [2.05, 4.69) is 58.2 Å². The molecule has 2 nitrogen and oxygen atoms in total. The Kier molecular flexibility index (Phi) is 4.66.